The number of carbonyl (C=O) groups excluding carboxylic acids is 1. The van der Waals surface area contributed by atoms with Crippen LogP contribution in [-0.4, -0.2) is 42.9 Å². The largest absolute Gasteiger partial charge is 0.456 e. The SMILES string of the molecule is CO[C@@H]1C[C@H](N=[N+]=[N-])[C@H](OC(=O)c2ccccc2)[C@H](CBr)O1. The molecule has 0 spiro atoms. The maximum Gasteiger partial charge on any atom is 0.338 e. The minimum atomic E-state index is -0.672. The van der Waals surface area contributed by atoms with Crippen molar-refractivity contribution in [2.45, 2.75) is 31.0 Å². The fourth-order valence-electron chi connectivity index (χ4n) is 2.28. The lowest BCUT2D eigenvalue weighted by molar-refractivity contribution is -0.209. The maximum atomic E-state index is 12.2. The van der Waals surface area contributed by atoms with Crippen LogP contribution in [0, 0.1) is 0 Å². The Bertz CT molecular complexity index is 550. The number of halogens is 1. The number of alkyl halides is 1. The van der Waals surface area contributed by atoms with Gasteiger partial charge in [-0.3, -0.25) is 0 Å². The monoisotopic (exact) mass is 369 g/mol. The van der Waals surface area contributed by atoms with Crippen molar-refractivity contribution in [3.8, 4) is 0 Å². The number of ether oxygens (including phenoxy) is 3. The van der Waals surface area contributed by atoms with Gasteiger partial charge < -0.3 is 14.2 Å². The molecule has 2 rings (SSSR count). The molecule has 0 aliphatic carbocycles. The zero-order chi connectivity index (χ0) is 15.9. The highest BCUT2D eigenvalue weighted by atomic mass is 79.9. The zero-order valence-corrected chi connectivity index (χ0v) is 13.5. The lowest BCUT2D eigenvalue weighted by Crippen LogP contribution is -2.50. The number of benzene rings is 1. The third-order valence-corrected chi connectivity index (χ3v) is 4.01. The summed E-state index contributed by atoms with van der Waals surface area (Å²) in [5, 5.41) is 4.16. The summed E-state index contributed by atoms with van der Waals surface area (Å²) >= 11 is 3.33. The highest BCUT2D eigenvalue weighted by molar-refractivity contribution is 9.09. The minimum absolute atomic E-state index is 0.330. The molecule has 0 bridgehead atoms. The average Bonchev–Trinajstić information content (AvgIpc) is 2.57. The zero-order valence-electron chi connectivity index (χ0n) is 12.0. The van der Waals surface area contributed by atoms with Crippen molar-refractivity contribution < 1.29 is 19.0 Å². The summed E-state index contributed by atoms with van der Waals surface area (Å²) < 4.78 is 16.4. The summed E-state index contributed by atoms with van der Waals surface area (Å²) in [6, 6.07) is 8.10. The molecule has 8 heteroatoms. The van der Waals surface area contributed by atoms with Crippen LogP contribution in [0.15, 0.2) is 35.4 Å². The third kappa shape index (κ3) is 3.98. The predicted molar refractivity (Wildman–Crippen MR) is 82.7 cm³/mol. The minimum Gasteiger partial charge on any atom is -0.456 e. The fraction of sp³-hybridized carbons (Fsp3) is 0.500. The predicted octanol–water partition coefficient (Wildman–Crippen LogP) is 3.05. The van der Waals surface area contributed by atoms with E-state index in [-0.39, 0.29) is 0 Å². The summed E-state index contributed by atoms with van der Waals surface area (Å²) in [6.07, 6.45) is -1.29. The van der Waals surface area contributed by atoms with Gasteiger partial charge in [0.1, 0.15) is 12.2 Å². The Balaban J connectivity index is 2.17. The summed E-state index contributed by atoms with van der Waals surface area (Å²) in [4.78, 5) is 15.1. The lowest BCUT2D eigenvalue weighted by atomic mass is 10.00. The van der Waals surface area contributed by atoms with Crippen molar-refractivity contribution >= 4 is 21.9 Å². The molecule has 1 aliphatic rings. The number of esters is 1. The Labute approximate surface area is 136 Å². The first-order valence-electron chi connectivity index (χ1n) is 6.74. The van der Waals surface area contributed by atoms with Gasteiger partial charge in [-0.05, 0) is 17.7 Å². The van der Waals surface area contributed by atoms with Gasteiger partial charge in [0.2, 0.25) is 0 Å². The van der Waals surface area contributed by atoms with Crippen LogP contribution in [0.2, 0.25) is 0 Å². The molecule has 1 saturated heterocycles. The lowest BCUT2D eigenvalue weighted by Gasteiger charge is -2.38. The van der Waals surface area contributed by atoms with E-state index in [1.54, 1.807) is 24.3 Å². The Morgan fingerprint density at radius 3 is 2.82 bits per heavy atom. The first-order chi connectivity index (χ1) is 10.7. The van der Waals surface area contributed by atoms with E-state index in [0.717, 1.165) is 0 Å². The van der Waals surface area contributed by atoms with Crippen LogP contribution in [0.3, 0.4) is 0 Å². The van der Waals surface area contributed by atoms with Gasteiger partial charge in [0.15, 0.2) is 6.29 Å². The molecule has 0 saturated carbocycles. The molecule has 1 aliphatic heterocycles. The normalized spacial score (nSPS) is 27.7. The van der Waals surface area contributed by atoms with Gasteiger partial charge in [-0.15, -0.1) is 0 Å². The molecule has 1 heterocycles. The molecule has 0 N–H and O–H groups in total. The quantitative estimate of drug-likeness (QED) is 0.262. The number of hydrogen-bond acceptors (Lipinski definition) is 5. The molecule has 1 fully saturated rings. The van der Waals surface area contributed by atoms with Crippen LogP contribution in [0.25, 0.3) is 10.4 Å². The average molecular weight is 370 g/mol. The van der Waals surface area contributed by atoms with Gasteiger partial charge in [0, 0.05) is 23.8 Å². The molecular weight excluding hydrogens is 354 g/mol. The second-order valence-electron chi connectivity index (χ2n) is 4.74. The van der Waals surface area contributed by atoms with Crippen molar-refractivity contribution in [2.24, 2.45) is 5.11 Å². The molecule has 0 unspecified atom stereocenters. The van der Waals surface area contributed by atoms with Gasteiger partial charge in [0.05, 0.1) is 11.6 Å². The number of carbonyl (C=O) groups is 1. The van der Waals surface area contributed by atoms with E-state index in [4.69, 9.17) is 19.7 Å². The van der Waals surface area contributed by atoms with Crippen LogP contribution in [0.5, 0.6) is 0 Å². The van der Waals surface area contributed by atoms with Crippen LogP contribution in [0.4, 0.5) is 0 Å². The number of methoxy groups -OCH3 is 1. The Morgan fingerprint density at radius 1 is 1.50 bits per heavy atom. The second-order valence-corrected chi connectivity index (χ2v) is 5.39. The molecule has 118 valence electrons. The molecular formula is C14H16BrN3O4. The maximum absolute atomic E-state index is 12.2. The number of nitrogens with zero attached hydrogens (tertiary/aromatic N) is 3. The highest BCUT2D eigenvalue weighted by Gasteiger charge is 2.40. The first-order valence-corrected chi connectivity index (χ1v) is 7.86. The van der Waals surface area contributed by atoms with Gasteiger partial charge in [-0.1, -0.05) is 39.2 Å². The molecule has 0 aromatic heterocycles. The van der Waals surface area contributed by atoms with Crippen molar-refractivity contribution in [1.82, 2.24) is 0 Å². The van der Waals surface area contributed by atoms with E-state index < -0.39 is 30.5 Å². The van der Waals surface area contributed by atoms with E-state index in [1.165, 1.54) is 7.11 Å². The Morgan fingerprint density at radius 2 is 2.23 bits per heavy atom. The van der Waals surface area contributed by atoms with Crippen molar-refractivity contribution in [3.63, 3.8) is 0 Å². The molecule has 1 aromatic rings. The van der Waals surface area contributed by atoms with E-state index in [0.29, 0.717) is 17.3 Å². The van der Waals surface area contributed by atoms with Crippen molar-refractivity contribution in [1.29, 1.82) is 0 Å². The summed E-state index contributed by atoms with van der Waals surface area (Å²) in [6.45, 7) is 0. The standard InChI is InChI=1S/C14H16BrN3O4/c1-20-12-7-10(17-18-16)13(11(8-15)21-12)22-14(19)9-5-3-2-4-6-9/h2-6,10-13H,7-8H2,1H3/t10-,11-,12-,13-/m0/s1. The highest BCUT2D eigenvalue weighted by Crippen LogP contribution is 2.27. The van der Waals surface area contributed by atoms with Gasteiger partial charge in [-0.25, -0.2) is 4.79 Å². The molecule has 4 atom stereocenters. The smallest absolute Gasteiger partial charge is 0.338 e. The summed E-state index contributed by atoms with van der Waals surface area (Å²) in [5.74, 6) is -0.478. The van der Waals surface area contributed by atoms with Gasteiger partial charge in [-0.2, -0.15) is 0 Å². The van der Waals surface area contributed by atoms with Crippen LogP contribution in [0.1, 0.15) is 16.8 Å². The number of azide groups is 1. The van der Waals surface area contributed by atoms with Crippen LogP contribution < -0.4 is 0 Å². The van der Waals surface area contributed by atoms with E-state index in [1.807, 2.05) is 6.07 Å². The van der Waals surface area contributed by atoms with E-state index >= 15 is 0 Å². The van der Waals surface area contributed by atoms with Crippen LogP contribution in [-0.2, 0) is 14.2 Å². The van der Waals surface area contributed by atoms with Crippen LogP contribution >= 0.6 is 15.9 Å². The number of hydrogen-bond donors (Lipinski definition) is 0. The first kappa shape index (κ1) is 16.8. The molecule has 1 aromatic carbocycles. The Kier molecular flexibility index (Phi) is 6.21. The third-order valence-electron chi connectivity index (χ3n) is 3.37. The number of rotatable bonds is 5. The van der Waals surface area contributed by atoms with Gasteiger partial charge >= 0.3 is 5.97 Å². The van der Waals surface area contributed by atoms with E-state index in [9.17, 15) is 4.79 Å². The fourth-order valence-corrected chi connectivity index (χ4v) is 2.80. The summed E-state index contributed by atoms with van der Waals surface area (Å²) in [5.41, 5.74) is 9.16. The Hall–Kier alpha value is -1.60. The van der Waals surface area contributed by atoms with Gasteiger partial charge in [0.25, 0.3) is 0 Å². The molecule has 7 nitrogen and oxygen atoms in total. The van der Waals surface area contributed by atoms with E-state index in [2.05, 4.69) is 26.0 Å². The summed E-state index contributed by atoms with van der Waals surface area (Å²) in [7, 11) is 1.51. The van der Waals surface area contributed by atoms with Crippen molar-refractivity contribution in [2.75, 3.05) is 12.4 Å². The molecule has 22 heavy (non-hydrogen) atoms. The second kappa shape index (κ2) is 8.14. The topological polar surface area (TPSA) is 93.5 Å². The molecule has 0 amide bonds. The molecule has 0 radical (unpaired) electrons. The van der Waals surface area contributed by atoms with Crippen molar-refractivity contribution in [3.05, 3.63) is 46.3 Å².